The van der Waals surface area contributed by atoms with Gasteiger partial charge in [-0.15, -0.1) is 12.4 Å². The van der Waals surface area contributed by atoms with Crippen LogP contribution in [0.5, 0.6) is 0 Å². The Hall–Kier alpha value is -1.28. The number of alkyl halides is 3. The van der Waals surface area contributed by atoms with Crippen molar-refractivity contribution in [2.24, 2.45) is 5.73 Å². The fraction of sp³-hybridized carbons (Fsp3) is 0.667. The van der Waals surface area contributed by atoms with Crippen molar-refractivity contribution >= 4 is 18.3 Å². The number of rotatable bonds is 2. The molecule has 1 fully saturated rings. The largest absolute Gasteiger partial charge is 0.408 e. The average Bonchev–Trinajstić information content (AvgIpc) is 2.73. The zero-order valence-electron chi connectivity index (χ0n) is 11.4. The fourth-order valence-electron chi connectivity index (χ4n) is 2.37. The van der Waals surface area contributed by atoms with Crippen LogP contribution in [-0.2, 0) is 11.2 Å². The number of nitrogens with two attached hydrogens (primary N) is 1. The van der Waals surface area contributed by atoms with Crippen LogP contribution < -0.4 is 5.73 Å². The molecule has 0 spiro atoms. The van der Waals surface area contributed by atoms with Gasteiger partial charge in [0.1, 0.15) is 11.8 Å². The van der Waals surface area contributed by atoms with Gasteiger partial charge in [0, 0.05) is 18.7 Å². The van der Waals surface area contributed by atoms with E-state index in [4.69, 9.17) is 10.3 Å². The molecule has 2 N–H and O–H groups in total. The molecule has 2 atom stereocenters. The molecule has 2 rings (SSSR count). The molecule has 2 heterocycles. The molecule has 1 aromatic rings. The molecule has 5 nitrogen and oxygen atoms in total. The number of nitrogens with zero attached hydrogens (tertiary/aromatic N) is 2. The van der Waals surface area contributed by atoms with Crippen molar-refractivity contribution in [3.05, 3.63) is 17.5 Å². The molecule has 120 valence electrons. The highest BCUT2D eigenvalue weighted by Gasteiger charge is 2.47. The predicted molar refractivity (Wildman–Crippen MR) is 71.0 cm³/mol. The summed E-state index contributed by atoms with van der Waals surface area (Å²) < 4.78 is 43.7. The van der Waals surface area contributed by atoms with Crippen molar-refractivity contribution in [3.8, 4) is 0 Å². The Bertz CT molecular complexity index is 492. The van der Waals surface area contributed by atoms with E-state index in [1.54, 1.807) is 6.92 Å². The van der Waals surface area contributed by atoms with Crippen molar-refractivity contribution in [2.75, 3.05) is 6.54 Å². The average molecular weight is 328 g/mol. The van der Waals surface area contributed by atoms with E-state index in [0.717, 1.165) is 4.90 Å². The first-order valence-corrected chi connectivity index (χ1v) is 6.31. The van der Waals surface area contributed by atoms with Gasteiger partial charge in [0.25, 0.3) is 0 Å². The lowest BCUT2D eigenvalue weighted by molar-refractivity contribution is -0.196. The molecule has 1 aromatic heterocycles. The number of likely N-dealkylation sites (tertiary alicyclic amines) is 1. The molecular formula is C12H17ClF3N3O2. The van der Waals surface area contributed by atoms with Gasteiger partial charge in [-0.3, -0.25) is 4.79 Å². The van der Waals surface area contributed by atoms with Gasteiger partial charge in [0.15, 0.2) is 0 Å². The SMILES string of the molecule is Cc1cc(CC(=O)N2CC(N)CCC2C(F)(F)F)no1.Cl. The van der Waals surface area contributed by atoms with E-state index in [2.05, 4.69) is 5.16 Å². The van der Waals surface area contributed by atoms with Crippen LogP contribution >= 0.6 is 12.4 Å². The highest BCUT2D eigenvalue weighted by Crippen LogP contribution is 2.32. The minimum absolute atomic E-state index is 0. The molecule has 0 bridgehead atoms. The van der Waals surface area contributed by atoms with Crippen molar-refractivity contribution in [1.82, 2.24) is 10.1 Å². The first-order chi connectivity index (χ1) is 9.27. The summed E-state index contributed by atoms with van der Waals surface area (Å²) in [5, 5.41) is 3.62. The molecule has 0 radical (unpaired) electrons. The van der Waals surface area contributed by atoms with Crippen molar-refractivity contribution in [3.63, 3.8) is 0 Å². The van der Waals surface area contributed by atoms with E-state index in [-0.39, 0.29) is 38.2 Å². The van der Waals surface area contributed by atoms with Crippen LogP contribution in [0.4, 0.5) is 13.2 Å². The number of halogens is 4. The third kappa shape index (κ3) is 4.34. The molecule has 21 heavy (non-hydrogen) atoms. The Morgan fingerprint density at radius 2 is 2.19 bits per heavy atom. The smallest absolute Gasteiger partial charge is 0.361 e. The molecule has 1 saturated heterocycles. The summed E-state index contributed by atoms with van der Waals surface area (Å²) in [7, 11) is 0. The van der Waals surface area contributed by atoms with E-state index >= 15 is 0 Å². The molecule has 1 amide bonds. The molecule has 0 aromatic carbocycles. The van der Waals surface area contributed by atoms with Crippen LogP contribution in [0.15, 0.2) is 10.6 Å². The Kier molecular flexibility index (Phi) is 5.63. The lowest BCUT2D eigenvalue weighted by Crippen LogP contribution is -2.57. The number of aryl methyl sites for hydroxylation is 1. The molecule has 2 unspecified atom stereocenters. The first kappa shape index (κ1) is 17.8. The van der Waals surface area contributed by atoms with Crippen molar-refractivity contribution in [1.29, 1.82) is 0 Å². The van der Waals surface area contributed by atoms with Gasteiger partial charge in [0.2, 0.25) is 5.91 Å². The topological polar surface area (TPSA) is 72.4 Å². The standard InChI is InChI=1S/C12H16F3N3O2.ClH/c1-7-4-9(17-20-7)5-11(19)18-6-8(16)2-3-10(18)12(13,14)15;/h4,8,10H,2-3,5-6,16H2,1H3;1H. The van der Waals surface area contributed by atoms with Crippen molar-refractivity contribution < 1.29 is 22.5 Å². The van der Waals surface area contributed by atoms with E-state index in [9.17, 15) is 18.0 Å². The number of carbonyl (C=O) groups excluding carboxylic acids is 1. The predicted octanol–water partition coefficient (Wildman–Crippen LogP) is 1.83. The quantitative estimate of drug-likeness (QED) is 0.899. The third-order valence-electron chi connectivity index (χ3n) is 3.33. The van der Waals surface area contributed by atoms with Gasteiger partial charge >= 0.3 is 6.18 Å². The van der Waals surface area contributed by atoms with E-state index in [0.29, 0.717) is 11.5 Å². The summed E-state index contributed by atoms with van der Waals surface area (Å²) in [6, 6.07) is -0.649. The number of hydrogen-bond acceptors (Lipinski definition) is 4. The van der Waals surface area contributed by atoms with Crippen molar-refractivity contribution in [2.45, 2.75) is 44.4 Å². The minimum atomic E-state index is -4.43. The zero-order chi connectivity index (χ0) is 14.9. The van der Waals surface area contributed by atoms with Crippen LogP contribution in [0.3, 0.4) is 0 Å². The second-order valence-corrected chi connectivity index (χ2v) is 5.05. The Morgan fingerprint density at radius 1 is 1.52 bits per heavy atom. The Morgan fingerprint density at radius 3 is 2.71 bits per heavy atom. The highest BCUT2D eigenvalue weighted by atomic mass is 35.5. The molecule has 1 aliphatic heterocycles. The molecule has 1 aliphatic rings. The normalized spacial score (nSPS) is 22.8. The van der Waals surface area contributed by atoms with E-state index in [1.807, 2.05) is 0 Å². The summed E-state index contributed by atoms with van der Waals surface area (Å²) in [6.07, 6.45) is -4.54. The second-order valence-electron chi connectivity index (χ2n) is 5.05. The van der Waals surface area contributed by atoms with Crippen LogP contribution in [-0.4, -0.2) is 40.8 Å². The minimum Gasteiger partial charge on any atom is -0.361 e. The van der Waals surface area contributed by atoms with Crippen LogP contribution in [0.1, 0.15) is 24.3 Å². The maximum atomic E-state index is 13.0. The second kappa shape index (κ2) is 6.65. The van der Waals surface area contributed by atoms with Gasteiger partial charge in [-0.1, -0.05) is 5.16 Å². The van der Waals surface area contributed by atoms with Gasteiger partial charge in [-0.05, 0) is 19.8 Å². The summed E-state index contributed by atoms with van der Waals surface area (Å²) in [5.74, 6) is -0.119. The lowest BCUT2D eigenvalue weighted by atomic mass is 9.97. The maximum Gasteiger partial charge on any atom is 0.408 e. The monoisotopic (exact) mass is 327 g/mol. The highest BCUT2D eigenvalue weighted by molar-refractivity contribution is 5.85. The van der Waals surface area contributed by atoms with Gasteiger partial charge in [-0.2, -0.15) is 13.2 Å². The summed E-state index contributed by atoms with van der Waals surface area (Å²) in [4.78, 5) is 12.9. The summed E-state index contributed by atoms with van der Waals surface area (Å²) in [5.41, 5.74) is 6.00. The number of aromatic nitrogens is 1. The van der Waals surface area contributed by atoms with Gasteiger partial charge in [0.05, 0.1) is 12.1 Å². The molecule has 0 aliphatic carbocycles. The summed E-state index contributed by atoms with van der Waals surface area (Å²) >= 11 is 0. The number of piperidine rings is 1. The Balaban J connectivity index is 0.00000220. The van der Waals surface area contributed by atoms with Gasteiger partial charge in [-0.25, -0.2) is 0 Å². The molecule has 9 heteroatoms. The molecule has 0 saturated carbocycles. The van der Waals surface area contributed by atoms with Gasteiger partial charge < -0.3 is 15.2 Å². The van der Waals surface area contributed by atoms with E-state index in [1.165, 1.54) is 6.07 Å². The first-order valence-electron chi connectivity index (χ1n) is 6.31. The van der Waals surface area contributed by atoms with E-state index < -0.39 is 24.2 Å². The Labute approximate surface area is 126 Å². The van der Waals surface area contributed by atoms with Crippen LogP contribution in [0.25, 0.3) is 0 Å². The van der Waals surface area contributed by atoms with Crippen LogP contribution in [0.2, 0.25) is 0 Å². The van der Waals surface area contributed by atoms with Crippen LogP contribution in [0, 0.1) is 6.92 Å². The number of amides is 1. The third-order valence-corrected chi connectivity index (χ3v) is 3.33. The number of hydrogen-bond donors (Lipinski definition) is 1. The molecular weight excluding hydrogens is 311 g/mol. The zero-order valence-corrected chi connectivity index (χ0v) is 12.2. The lowest BCUT2D eigenvalue weighted by Gasteiger charge is -2.39. The number of carbonyl (C=O) groups is 1. The maximum absolute atomic E-state index is 13.0. The summed E-state index contributed by atoms with van der Waals surface area (Å²) in [6.45, 7) is 1.57. The fourth-order valence-corrected chi connectivity index (χ4v) is 2.37.